The Morgan fingerprint density at radius 2 is 2.22 bits per heavy atom. The van der Waals surface area contributed by atoms with Crippen LogP contribution in [0.4, 0.5) is 5.82 Å². The SMILES string of the molecule is CC(C)(C#Cc1cccc(COc2cc(OBO)cnc2[N+](=O)[O-])c1)OC1CCCCO1. The molecule has 0 bridgehead atoms. The molecule has 1 fully saturated rings. The van der Waals surface area contributed by atoms with Gasteiger partial charge in [0, 0.05) is 18.2 Å². The van der Waals surface area contributed by atoms with Gasteiger partial charge in [0.1, 0.15) is 18.0 Å². The maximum atomic E-state index is 11.2. The second-order valence-electron chi connectivity index (χ2n) is 7.69. The van der Waals surface area contributed by atoms with Crippen LogP contribution < -0.4 is 9.39 Å². The molecule has 2 aromatic rings. The van der Waals surface area contributed by atoms with Crippen molar-refractivity contribution in [2.24, 2.45) is 0 Å². The summed E-state index contributed by atoms with van der Waals surface area (Å²) in [4.78, 5) is 14.3. The van der Waals surface area contributed by atoms with Crippen molar-refractivity contribution < 1.29 is 28.8 Å². The number of rotatable bonds is 8. The highest BCUT2D eigenvalue weighted by Crippen LogP contribution is 2.29. The van der Waals surface area contributed by atoms with Gasteiger partial charge >= 0.3 is 13.5 Å². The van der Waals surface area contributed by atoms with Crippen LogP contribution in [0.5, 0.6) is 11.5 Å². The summed E-state index contributed by atoms with van der Waals surface area (Å²) in [7, 11) is -0.577. The molecule has 32 heavy (non-hydrogen) atoms. The lowest BCUT2D eigenvalue weighted by Crippen LogP contribution is -2.33. The smallest absolute Gasteiger partial charge is 0.504 e. The van der Waals surface area contributed by atoms with Gasteiger partial charge in [-0.15, -0.1) is 0 Å². The summed E-state index contributed by atoms with van der Waals surface area (Å²) in [5.41, 5.74) is 0.861. The van der Waals surface area contributed by atoms with Gasteiger partial charge in [0.05, 0.1) is 0 Å². The molecule has 0 spiro atoms. The van der Waals surface area contributed by atoms with Crippen molar-refractivity contribution in [2.75, 3.05) is 6.61 Å². The van der Waals surface area contributed by atoms with E-state index in [9.17, 15) is 10.1 Å². The molecule has 1 unspecified atom stereocenters. The first-order valence-corrected chi connectivity index (χ1v) is 10.3. The Balaban J connectivity index is 1.68. The van der Waals surface area contributed by atoms with E-state index in [0.29, 0.717) is 6.61 Å². The number of pyridine rings is 1. The molecule has 9 nitrogen and oxygen atoms in total. The normalized spacial score (nSPS) is 15.9. The third kappa shape index (κ3) is 6.95. The van der Waals surface area contributed by atoms with Crippen LogP contribution in [-0.2, 0) is 16.1 Å². The highest BCUT2D eigenvalue weighted by molar-refractivity contribution is 6.17. The average molecular weight is 440 g/mol. The van der Waals surface area contributed by atoms with E-state index in [4.69, 9.17) is 23.9 Å². The van der Waals surface area contributed by atoms with Crippen LogP contribution in [0.2, 0.25) is 0 Å². The average Bonchev–Trinajstić information content (AvgIpc) is 2.77. The molecule has 1 aliphatic heterocycles. The van der Waals surface area contributed by atoms with Crippen molar-refractivity contribution in [1.29, 1.82) is 0 Å². The molecule has 2 heterocycles. The predicted molar refractivity (Wildman–Crippen MR) is 117 cm³/mol. The van der Waals surface area contributed by atoms with E-state index in [1.54, 1.807) is 0 Å². The summed E-state index contributed by atoms with van der Waals surface area (Å²) < 4.78 is 22.1. The third-order valence-electron chi connectivity index (χ3n) is 4.61. The summed E-state index contributed by atoms with van der Waals surface area (Å²) in [5.74, 6) is 5.92. The largest absolute Gasteiger partial charge is 0.536 e. The second kappa shape index (κ2) is 11.0. The fraction of sp³-hybridized carbons (Fsp3) is 0.409. The van der Waals surface area contributed by atoms with Crippen molar-refractivity contribution >= 4 is 13.5 Å². The van der Waals surface area contributed by atoms with Crippen molar-refractivity contribution in [3.8, 4) is 23.3 Å². The minimum Gasteiger partial charge on any atom is -0.536 e. The Labute approximate surface area is 187 Å². The fourth-order valence-corrected chi connectivity index (χ4v) is 3.10. The molecule has 0 amide bonds. The highest BCUT2D eigenvalue weighted by atomic mass is 16.7. The van der Waals surface area contributed by atoms with E-state index in [1.807, 2.05) is 38.1 Å². The molecule has 1 aromatic heterocycles. The molecule has 0 saturated carbocycles. The quantitative estimate of drug-likeness (QED) is 0.289. The first kappa shape index (κ1) is 23.5. The lowest BCUT2D eigenvalue weighted by molar-refractivity contribution is -0.390. The molecule has 10 heteroatoms. The van der Waals surface area contributed by atoms with Gasteiger partial charge in [-0.2, -0.15) is 0 Å². The van der Waals surface area contributed by atoms with E-state index in [0.717, 1.165) is 36.6 Å². The molecule has 3 rings (SSSR count). The summed E-state index contributed by atoms with van der Waals surface area (Å²) >= 11 is 0. The molecule has 1 N–H and O–H groups in total. The number of hydrogen-bond acceptors (Lipinski definition) is 8. The third-order valence-corrected chi connectivity index (χ3v) is 4.61. The Hall–Kier alpha value is -3.13. The Morgan fingerprint density at radius 3 is 2.94 bits per heavy atom. The van der Waals surface area contributed by atoms with Crippen LogP contribution in [-0.4, -0.2) is 41.1 Å². The molecule has 1 atom stereocenters. The standard InChI is InChI=1S/C22H25BN2O7/c1-22(2,31-20-8-3-4-11-29-20)10-9-16-6-5-7-17(12-16)15-30-19-13-18(32-23-26)14-24-21(19)25(27)28/h5-7,12-14,20,23,26H,3-4,8,11,15H2,1-2H3. The number of ether oxygens (including phenoxy) is 3. The van der Waals surface area contributed by atoms with E-state index in [-0.39, 0.29) is 24.4 Å². The number of aromatic nitrogens is 1. The molecular formula is C22H25BN2O7. The Bertz CT molecular complexity index is 997. The van der Waals surface area contributed by atoms with E-state index in [1.165, 1.54) is 6.07 Å². The maximum Gasteiger partial charge on any atom is 0.504 e. The van der Waals surface area contributed by atoms with Crippen molar-refractivity contribution in [3.63, 3.8) is 0 Å². The molecule has 1 saturated heterocycles. The lowest BCUT2D eigenvalue weighted by atomic mass is 10.1. The van der Waals surface area contributed by atoms with Crippen molar-refractivity contribution in [2.45, 2.75) is 51.6 Å². The summed E-state index contributed by atoms with van der Waals surface area (Å²) in [5, 5.41) is 20.1. The summed E-state index contributed by atoms with van der Waals surface area (Å²) in [6.45, 7) is 4.58. The topological polar surface area (TPSA) is 113 Å². The molecule has 1 aliphatic rings. The van der Waals surface area contributed by atoms with Gasteiger partial charge in [0.2, 0.25) is 5.75 Å². The minimum absolute atomic E-state index is 0.0561. The van der Waals surface area contributed by atoms with Crippen molar-refractivity contribution in [1.82, 2.24) is 4.98 Å². The van der Waals surface area contributed by atoms with Crippen LogP contribution in [0.1, 0.15) is 44.2 Å². The minimum atomic E-state index is -0.673. The van der Waals surface area contributed by atoms with E-state index < -0.39 is 24.0 Å². The summed E-state index contributed by atoms with van der Waals surface area (Å²) in [6, 6.07) is 8.68. The monoisotopic (exact) mass is 440 g/mol. The molecule has 168 valence electrons. The fourth-order valence-electron chi connectivity index (χ4n) is 3.10. The first-order valence-electron chi connectivity index (χ1n) is 10.3. The predicted octanol–water partition coefficient (Wildman–Crippen LogP) is 2.88. The van der Waals surface area contributed by atoms with Crippen LogP contribution in [0.15, 0.2) is 36.5 Å². The number of nitro groups is 1. The van der Waals surface area contributed by atoms with Crippen molar-refractivity contribution in [3.05, 3.63) is 57.8 Å². The van der Waals surface area contributed by atoms with Gasteiger partial charge in [-0.05, 0) is 60.7 Å². The number of benzene rings is 1. The summed E-state index contributed by atoms with van der Waals surface area (Å²) in [6.07, 6.45) is 3.92. The molecule has 0 radical (unpaired) electrons. The first-order chi connectivity index (χ1) is 15.4. The van der Waals surface area contributed by atoms with Crippen LogP contribution in [0, 0.1) is 22.0 Å². The Kier molecular flexibility index (Phi) is 8.06. The zero-order chi connectivity index (χ0) is 23.0. The van der Waals surface area contributed by atoms with E-state index >= 15 is 0 Å². The van der Waals surface area contributed by atoms with Crippen LogP contribution in [0.3, 0.4) is 0 Å². The second-order valence-corrected chi connectivity index (χ2v) is 7.69. The Morgan fingerprint density at radius 1 is 1.38 bits per heavy atom. The van der Waals surface area contributed by atoms with Gasteiger partial charge in [-0.25, -0.2) is 0 Å². The van der Waals surface area contributed by atoms with Gasteiger partial charge in [-0.1, -0.05) is 24.0 Å². The number of nitrogens with zero attached hydrogens (tertiary/aromatic N) is 2. The zero-order valence-electron chi connectivity index (χ0n) is 18.1. The number of hydrogen-bond donors (Lipinski definition) is 1. The molecular weight excluding hydrogens is 415 g/mol. The van der Waals surface area contributed by atoms with E-state index in [2.05, 4.69) is 16.8 Å². The lowest BCUT2D eigenvalue weighted by Gasteiger charge is -2.29. The van der Waals surface area contributed by atoms with Crippen LogP contribution in [0.25, 0.3) is 0 Å². The van der Waals surface area contributed by atoms with Gasteiger partial charge in [0.25, 0.3) is 0 Å². The molecule has 1 aromatic carbocycles. The van der Waals surface area contributed by atoms with Crippen LogP contribution >= 0.6 is 0 Å². The highest BCUT2D eigenvalue weighted by Gasteiger charge is 2.24. The van der Waals surface area contributed by atoms with Gasteiger partial charge in [-0.3, -0.25) is 0 Å². The van der Waals surface area contributed by atoms with Gasteiger partial charge in [0.15, 0.2) is 12.5 Å². The zero-order valence-corrected chi connectivity index (χ0v) is 18.1. The molecule has 0 aliphatic carbocycles. The maximum absolute atomic E-state index is 11.2. The van der Waals surface area contributed by atoms with Gasteiger partial charge < -0.3 is 34.0 Å².